The van der Waals surface area contributed by atoms with Crippen molar-refractivity contribution >= 4 is 47.0 Å². The summed E-state index contributed by atoms with van der Waals surface area (Å²) in [6, 6.07) is 6.16. The van der Waals surface area contributed by atoms with E-state index in [-0.39, 0.29) is 29.9 Å². The second kappa shape index (κ2) is 8.47. The van der Waals surface area contributed by atoms with E-state index < -0.39 is 0 Å². The molecule has 6 heteroatoms. The number of nitrogens with two attached hydrogens (primary N) is 1. The summed E-state index contributed by atoms with van der Waals surface area (Å²) in [4.78, 5) is 10.0. The summed E-state index contributed by atoms with van der Waals surface area (Å²) in [6.45, 7) is 8.99. The molecule has 0 spiro atoms. The van der Waals surface area contributed by atoms with Gasteiger partial charge in [0.1, 0.15) is 0 Å². The van der Waals surface area contributed by atoms with Crippen molar-refractivity contribution < 1.29 is 0 Å². The number of rotatable bonds is 4. The van der Waals surface area contributed by atoms with Crippen LogP contribution in [0.2, 0.25) is 0 Å². The van der Waals surface area contributed by atoms with E-state index in [1.807, 2.05) is 12.3 Å². The highest BCUT2D eigenvalue weighted by atomic mass is 127. The lowest BCUT2D eigenvalue weighted by Crippen LogP contribution is -2.23. The molecule has 1 aromatic heterocycles. The number of nitrogens with zero attached hydrogens (tertiary/aromatic N) is 2. The Balaban J connectivity index is 0.00000242. The Morgan fingerprint density at radius 2 is 2.05 bits per heavy atom. The van der Waals surface area contributed by atoms with E-state index in [4.69, 9.17) is 5.73 Å². The smallest absolute Gasteiger partial charge is 0.193 e. The molecule has 1 atom stereocenters. The monoisotopic (exact) mass is 430 g/mol. The highest BCUT2D eigenvalue weighted by Gasteiger charge is 2.09. The number of anilines is 1. The average Bonchev–Trinajstić information content (AvgIpc) is 2.87. The molecule has 1 aromatic carbocycles. The minimum absolute atomic E-state index is 0. The predicted molar refractivity (Wildman–Crippen MR) is 107 cm³/mol. The van der Waals surface area contributed by atoms with Gasteiger partial charge in [0.15, 0.2) is 5.96 Å². The van der Waals surface area contributed by atoms with Gasteiger partial charge < -0.3 is 11.1 Å². The molecular weight excluding hydrogens is 407 g/mol. The van der Waals surface area contributed by atoms with Crippen LogP contribution < -0.4 is 11.1 Å². The Labute approximate surface area is 153 Å². The van der Waals surface area contributed by atoms with Crippen LogP contribution in [0, 0.1) is 20.8 Å². The number of hydrogen-bond donors (Lipinski definition) is 2. The van der Waals surface area contributed by atoms with Crippen molar-refractivity contribution in [3.05, 3.63) is 45.4 Å². The van der Waals surface area contributed by atoms with Crippen LogP contribution >= 0.6 is 35.3 Å². The summed E-state index contributed by atoms with van der Waals surface area (Å²) in [5.41, 5.74) is 9.42. The van der Waals surface area contributed by atoms with E-state index in [9.17, 15) is 0 Å². The minimum Gasteiger partial charge on any atom is -0.370 e. The van der Waals surface area contributed by atoms with E-state index >= 15 is 0 Å². The van der Waals surface area contributed by atoms with Gasteiger partial charge in [0, 0.05) is 22.7 Å². The van der Waals surface area contributed by atoms with Gasteiger partial charge in [-0.25, -0.2) is 4.98 Å². The van der Waals surface area contributed by atoms with E-state index in [1.165, 1.54) is 16.0 Å². The molecule has 2 rings (SSSR count). The fraction of sp³-hybridized carbons (Fsp3) is 0.375. The van der Waals surface area contributed by atoms with Gasteiger partial charge in [0.25, 0.3) is 0 Å². The van der Waals surface area contributed by atoms with Crippen LogP contribution in [0.5, 0.6) is 0 Å². The quantitative estimate of drug-likeness (QED) is 0.434. The zero-order valence-corrected chi connectivity index (χ0v) is 16.5. The Morgan fingerprint density at radius 1 is 1.32 bits per heavy atom. The van der Waals surface area contributed by atoms with Crippen molar-refractivity contribution in [3.8, 4) is 0 Å². The predicted octanol–water partition coefficient (Wildman–Crippen LogP) is 4.22. The van der Waals surface area contributed by atoms with Gasteiger partial charge in [-0.15, -0.1) is 35.3 Å². The van der Waals surface area contributed by atoms with Gasteiger partial charge >= 0.3 is 0 Å². The number of hydrogen-bond acceptors (Lipinski definition) is 3. The SMILES string of the molecule is Cc1cnc(C(C)CN=C(N)Nc2ccc(C)c(C)c2)s1.I. The van der Waals surface area contributed by atoms with Crippen LogP contribution in [0.1, 0.15) is 33.9 Å². The number of aliphatic imine (C=N–C) groups is 1. The summed E-state index contributed by atoms with van der Waals surface area (Å²) in [5.74, 6) is 0.724. The lowest BCUT2D eigenvalue weighted by Gasteiger charge is -2.09. The Hall–Kier alpha value is -1.15. The third kappa shape index (κ3) is 5.24. The maximum Gasteiger partial charge on any atom is 0.193 e. The third-order valence-electron chi connectivity index (χ3n) is 3.38. The zero-order valence-electron chi connectivity index (χ0n) is 13.4. The summed E-state index contributed by atoms with van der Waals surface area (Å²) in [5, 5.41) is 4.24. The van der Waals surface area contributed by atoms with Crippen LogP contribution in [0.3, 0.4) is 0 Å². The standard InChI is InChI=1S/C16H22N4S.HI/c1-10-5-6-14(7-11(10)2)20-16(17)19-8-12(3)15-18-9-13(4)21-15;/h5-7,9,12H,8H2,1-4H3,(H3,17,19,20);1H. The fourth-order valence-corrected chi connectivity index (χ4v) is 2.74. The number of aromatic nitrogens is 1. The van der Waals surface area contributed by atoms with Gasteiger partial charge in [-0.3, -0.25) is 4.99 Å². The summed E-state index contributed by atoms with van der Waals surface area (Å²) >= 11 is 1.71. The Bertz CT molecular complexity index is 651. The lowest BCUT2D eigenvalue weighted by atomic mass is 10.1. The van der Waals surface area contributed by atoms with Crippen LogP contribution in [-0.2, 0) is 0 Å². The molecule has 0 fully saturated rings. The van der Waals surface area contributed by atoms with E-state index in [0.717, 1.165) is 10.7 Å². The molecule has 120 valence electrons. The van der Waals surface area contributed by atoms with Gasteiger partial charge in [0.2, 0.25) is 0 Å². The first kappa shape index (κ1) is 18.9. The topological polar surface area (TPSA) is 63.3 Å². The number of thiazole rings is 1. The molecule has 0 aliphatic heterocycles. The molecule has 2 aromatic rings. The largest absolute Gasteiger partial charge is 0.370 e. The number of halogens is 1. The molecule has 0 saturated carbocycles. The van der Waals surface area contributed by atoms with E-state index in [1.54, 1.807) is 11.3 Å². The van der Waals surface area contributed by atoms with Crippen LogP contribution in [-0.4, -0.2) is 17.5 Å². The molecular formula is C16H23IN4S. The first-order chi connectivity index (χ1) is 9.95. The van der Waals surface area contributed by atoms with Crippen LogP contribution in [0.4, 0.5) is 5.69 Å². The van der Waals surface area contributed by atoms with E-state index in [0.29, 0.717) is 12.5 Å². The number of nitrogens with one attached hydrogen (secondary N) is 1. The van der Waals surface area contributed by atoms with Gasteiger partial charge in [-0.05, 0) is 44.0 Å². The van der Waals surface area contributed by atoms with Crippen molar-refractivity contribution in [1.82, 2.24) is 4.98 Å². The van der Waals surface area contributed by atoms with Crippen molar-refractivity contribution in [2.24, 2.45) is 10.7 Å². The fourth-order valence-electron chi connectivity index (χ4n) is 1.92. The van der Waals surface area contributed by atoms with Crippen molar-refractivity contribution in [3.63, 3.8) is 0 Å². The summed E-state index contributed by atoms with van der Waals surface area (Å²) in [7, 11) is 0. The molecule has 4 nitrogen and oxygen atoms in total. The second-order valence-corrected chi connectivity index (χ2v) is 6.63. The normalized spacial score (nSPS) is 12.6. The van der Waals surface area contributed by atoms with Crippen LogP contribution in [0.15, 0.2) is 29.4 Å². The maximum absolute atomic E-state index is 5.95. The Morgan fingerprint density at radius 3 is 2.64 bits per heavy atom. The molecule has 0 radical (unpaired) electrons. The average molecular weight is 430 g/mol. The second-order valence-electron chi connectivity index (χ2n) is 5.36. The van der Waals surface area contributed by atoms with Crippen molar-refractivity contribution in [2.75, 3.05) is 11.9 Å². The van der Waals surface area contributed by atoms with Gasteiger partial charge in [0.05, 0.1) is 11.6 Å². The maximum atomic E-state index is 5.95. The molecule has 0 saturated heterocycles. The number of aryl methyl sites for hydroxylation is 3. The summed E-state index contributed by atoms with van der Waals surface area (Å²) in [6.07, 6.45) is 1.90. The highest BCUT2D eigenvalue weighted by molar-refractivity contribution is 14.0. The lowest BCUT2D eigenvalue weighted by molar-refractivity contribution is 0.766. The van der Waals surface area contributed by atoms with Crippen molar-refractivity contribution in [1.29, 1.82) is 0 Å². The molecule has 0 aliphatic carbocycles. The molecule has 1 unspecified atom stereocenters. The Kier molecular flexibility index (Phi) is 7.28. The highest BCUT2D eigenvalue weighted by Crippen LogP contribution is 2.21. The number of benzene rings is 1. The van der Waals surface area contributed by atoms with Gasteiger partial charge in [-0.1, -0.05) is 13.0 Å². The molecule has 0 aliphatic rings. The molecule has 0 amide bonds. The molecule has 0 bridgehead atoms. The molecule has 22 heavy (non-hydrogen) atoms. The van der Waals surface area contributed by atoms with Gasteiger partial charge in [-0.2, -0.15) is 0 Å². The number of guanidine groups is 1. The van der Waals surface area contributed by atoms with E-state index in [2.05, 4.69) is 55.1 Å². The van der Waals surface area contributed by atoms with Crippen molar-refractivity contribution in [2.45, 2.75) is 33.6 Å². The van der Waals surface area contributed by atoms with Crippen LogP contribution in [0.25, 0.3) is 0 Å². The third-order valence-corrected chi connectivity index (χ3v) is 4.52. The minimum atomic E-state index is 0. The molecule has 3 N–H and O–H groups in total. The molecule has 1 heterocycles. The first-order valence-electron chi connectivity index (χ1n) is 7.02. The zero-order chi connectivity index (χ0) is 15.4. The first-order valence-corrected chi connectivity index (χ1v) is 7.84. The summed E-state index contributed by atoms with van der Waals surface area (Å²) < 4.78 is 0.